The van der Waals surface area contributed by atoms with Gasteiger partial charge >= 0.3 is 0 Å². The molecule has 1 unspecified atom stereocenters. The average Bonchev–Trinajstić information content (AvgIpc) is 2.89. The monoisotopic (exact) mass is 425 g/mol. The van der Waals surface area contributed by atoms with Gasteiger partial charge in [0, 0.05) is 10.9 Å². The zero-order valence-corrected chi connectivity index (χ0v) is 15.1. The molecule has 156 valence electrons. The molecule has 1 fully saturated rings. The maximum Gasteiger partial charge on any atom is 0.198 e. The molecule has 1 rings (SSSR count). The molecule has 0 amide bonds. The van der Waals surface area contributed by atoms with Gasteiger partial charge in [-0.3, -0.25) is 4.18 Å². The standard InChI is InChI=1S/C12H24O12S2/c13-1-5(15)10(19)11(20)12(22-25-24-23-21)7(17)4-26-3-6(16)9(18)8(26)2-14/h5-20H,1-4H2/p+1/t5-,6-,7-,8-,9+,10+,11+,12-,26?/m1/s1. The molecule has 0 aromatic heterocycles. The lowest BCUT2D eigenvalue weighted by Crippen LogP contribution is -2.52. The van der Waals surface area contributed by atoms with Gasteiger partial charge in [0.15, 0.2) is 17.6 Å². The fourth-order valence-corrected chi connectivity index (χ4v) is 5.63. The van der Waals surface area contributed by atoms with Crippen molar-refractivity contribution in [2.45, 2.75) is 48.0 Å². The molecular weight excluding hydrogens is 400 g/mol. The van der Waals surface area contributed by atoms with Crippen LogP contribution in [0.2, 0.25) is 0 Å². The van der Waals surface area contributed by atoms with Crippen LogP contribution in [0, 0.1) is 0 Å². The zero-order valence-electron chi connectivity index (χ0n) is 13.5. The molecule has 0 saturated carbocycles. The Morgan fingerprint density at radius 1 is 1.04 bits per heavy atom. The van der Waals surface area contributed by atoms with Crippen molar-refractivity contribution in [1.29, 1.82) is 0 Å². The second-order valence-corrected chi connectivity index (χ2v) is 8.53. The van der Waals surface area contributed by atoms with Gasteiger partial charge in [0.25, 0.3) is 0 Å². The molecule has 0 aromatic carbocycles. The van der Waals surface area contributed by atoms with Crippen LogP contribution in [-0.2, 0) is 24.5 Å². The lowest BCUT2D eigenvalue weighted by atomic mass is 10.0. The van der Waals surface area contributed by atoms with E-state index in [1.165, 1.54) is 0 Å². The molecule has 1 saturated heterocycles. The summed E-state index contributed by atoms with van der Waals surface area (Å²) >= 11 is 0.0278. The molecule has 0 radical (unpaired) electrons. The average molecular weight is 425 g/mol. The molecule has 14 heteroatoms. The van der Waals surface area contributed by atoms with Crippen LogP contribution in [0.3, 0.4) is 0 Å². The third kappa shape index (κ3) is 6.39. The number of aliphatic hydroxyl groups excluding tert-OH is 8. The van der Waals surface area contributed by atoms with E-state index in [1.807, 2.05) is 0 Å². The van der Waals surface area contributed by atoms with Gasteiger partial charge in [0.1, 0.15) is 54.2 Å². The number of aliphatic hydroxyl groups is 8. The molecule has 26 heavy (non-hydrogen) atoms. The van der Waals surface area contributed by atoms with Gasteiger partial charge in [-0.1, -0.05) is 5.04 Å². The quantitative estimate of drug-likeness (QED) is 0.0475. The van der Waals surface area contributed by atoms with Crippen molar-refractivity contribution in [3.8, 4) is 0 Å². The number of hydrogen-bond donors (Lipinski definition) is 9. The van der Waals surface area contributed by atoms with Crippen molar-refractivity contribution >= 4 is 23.2 Å². The lowest BCUT2D eigenvalue weighted by Gasteiger charge is -2.30. The third-order valence-electron chi connectivity index (χ3n) is 4.01. The van der Waals surface area contributed by atoms with Crippen molar-refractivity contribution < 1.29 is 59.7 Å². The van der Waals surface area contributed by atoms with Crippen molar-refractivity contribution in [2.24, 2.45) is 0 Å². The minimum absolute atomic E-state index is 0.0278. The third-order valence-corrected chi connectivity index (χ3v) is 7.25. The Morgan fingerprint density at radius 2 is 1.69 bits per heavy atom. The smallest absolute Gasteiger partial charge is 0.198 e. The van der Waals surface area contributed by atoms with Crippen molar-refractivity contribution in [1.82, 2.24) is 0 Å². The van der Waals surface area contributed by atoms with E-state index in [1.54, 1.807) is 0 Å². The van der Waals surface area contributed by atoms with Gasteiger partial charge in [-0.15, -0.1) is 4.33 Å². The van der Waals surface area contributed by atoms with E-state index in [0.29, 0.717) is 0 Å². The molecule has 12 nitrogen and oxygen atoms in total. The van der Waals surface area contributed by atoms with Crippen LogP contribution in [0.25, 0.3) is 0 Å². The van der Waals surface area contributed by atoms with Crippen LogP contribution in [0.1, 0.15) is 0 Å². The first-order valence-corrected chi connectivity index (χ1v) is 9.84. The van der Waals surface area contributed by atoms with E-state index in [-0.39, 0.29) is 23.8 Å². The maximum atomic E-state index is 10.4. The minimum Gasteiger partial charge on any atom is -0.394 e. The van der Waals surface area contributed by atoms with E-state index in [2.05, 4.69) is 9.37 Å². The first-order valence-electron chi connectivity index (χ1n) is 7.55. The lowest BCUT2D eigenvalue weighted by molar-refractivity contribution is -0.434. The summed E-state index contributed by atoms with van der Waals surface area (Å²) in [5.74, 6) is -0.0129. The number of rotatable bonds is 12. The summed E-state index contributed by atoms with van der Waals surface area (Å²) in [4.78, 5) is 0. The highest BCUT2D eigenvalue weighted by Gasteiger charge is 2.51. The van der Waals surface area contributed by atoms with Gasteiger partial charge in [-0.05, 0) is 0 Å². The summed E-state index contributed by atoms with van der Waals surface area (Å²) in [7, 11) is -0.841. The topological polar surface area (TPSA) is 210 Å². The largest absolute Gasteiger partial charge is 0.394 e. The fraction of sp³-hybridized carbons (Fsp3) is 1.00. The second-order valence-electron chi connectivity index (χ2n) is 5.72. The molecule has 1 aliphatic rings. The Labute approximate surface area is 156 Å². The summed E-state index contributed by atoms with van der Waals surface area (Å²) in [5.41, 5.74) is 0. The first kappa shape index (κ1) is 24.3. The molecule has 0 aromatic rings. The Kier molecular flexibility index (Phi) is 11.1. The predicted octanol–water partition coefficient (Wildman–Crippen LogP) is -4.49. The molecular formula is C12H25O12S2+. The Balaban J connectivity index is 2.81. The summed E-state index contributed by atoms with van der Waals surface area (Å²) in [6.45, 7) is -1.29. The minimum atomic E-state index is -1.88. The van der Waals surface area contributed by atoms with Crippen LogP contribution >= 0.6 is 12.3 Å². The zero-order chi connectivity index (χ0) is 19.9. The van der Waals surface area contributed by atoms with Crippen molar-refractivity contribution in [3.63, 3.8) is 0 Å². The summed E-state index contributed by atoms with van der Waals surface area (Å²) in [6.07, 6.45) is -10.8. The van der Waals surface area contributed by atoms with E-state index in [9.17, 15) is 35.7 Å². The van der Waals surface area contributed by atoms with Crippen LogP contribution in [-0.4, -0.2) is 119 Å². The maximum absolute atomic E-state index is 10.4. The molecule has 0 bridgehead atoms. The van der Waals surface area contributed by atoms with Crippen molar-refractivity contribution in [2.75, 3.05) is 24.7 Å². The molecule has 0 spiro atoms. The predicted molar refractivity (Wildman–Crippen MR) is 88.4 cm³/mol. The van der Waals surface area contributed by atoms with Gasteiger partial charge in [-0.2, -0.15) is 0 Å². The molecule has 9 N–H and O–H groups in total. The van der Waals surface area contributed by atoms with E-state index in [4.69, 9.17) is 14.5 Å². The summed E-state index contributed by atoms with van der Waals surface area (Å²) < 4.78 is 8.92. The van der Waals surface area contributed by atoms with Crippen LogP contribution < -0.4 is 0 Å². The number of hydrogen-bond acceptors (Lipinski definition) is 13. The Hall–Kier alpha value is 0.220. The van der Waals surface area contributed by atoms with Gasteiger partial charge < -0.3 is 40.9 Å². The van der Waals surface area contributed by atoms with Crippen molar-refractivity contribution in [3.05, 3.63) is 0 Å². The van der Waals surface area contributed by atoms with Crippen LogP contribution in [0.15, 0.2) is 0 Å². The van der Waals surface area contributed by atoms with Gasteiger partial charge in [0.2, 0.25) is 0 Å². The highest BCUT2D eigenvalue weighted by molar-refractivity contribution is 7.97. The fourth-order valence-electron chi connectivity index (χ4n) is 2.56. The van der Waals surface area contributed by atoms with Gasteiger partial charge in [0.05, 0.1) is 13.2 Å². The van der Waals surface area contributed by atoms with Crippen LogP contribution in [0.5, 0.6) is 0 Å². The highest BCUT2D eigenvalue weighted by atomic mass is 32.2. The SMILES string of the molecule is OC[C@@H](O)[C@H](O)[C@H](O)[C@H](OSOOO)[C@H](O)C[S+]1C[C@@H](O)[C@H](O)[C@H]1CO. The normalized spacial score (nSPS) is 32.2. The van der Waals surface area contributed by atoms with E-state index in [0.717, 1.165) is 0 Å². The Morgan fingerprint density at radius 3 is 2.23 bits per heavy atom. The molecule has 0 aliphatic carbocycles. The Bertz CT molecular complexity index is 393. The molecule has 9 atom stereocenters. The summed E-state index contributed by atoms with van der Waals surface area (Å²) in [6, 6.07) is 0. The van der Waals surface area contributed by atoms with E-state index >= 15 is 0 Å². The first-order chi connectivity index (χ1) is 12.3. The highest BCUT2D eigenvalue weighted by Crippen LogP contribution is 2.27. The summed E-state index contributed by atoms with van der Waals surface area (Å²) in [5, 5.41) is 88.2. The van der Waals surface area contributed by atoms with Crippen LogP contribution in [0.4, 0.5) is 0 Å². The molecule has 1 aliphatic heterocycles. The molecule has 1 heterocycles. The van der Waals surface area contributed by atoms with Gasteiger partial charge in [-0.25, -0.2) is 5.26 Å². The van der Waals surface area contributed by atoms with E-state index < -0.39 is 72.1 Å². The second kappa shape index (κ2) is 11.9.